The molecule has 0 saturated carbocycles. The number of hydrogen-bond donors (Lipinski definition) is 2. The summed E-state index contributed by atoms with van der Waals surface area (Å²) in [7, 11) is 1.33. The number of rotatable bonds is 6. The predicted octanol–water partition coefficient (Wildman–Crippen LogP) is 0.813. The van der Waals surface area contributed by atoms with E-state index in [1.807, 2.05) is 6.92 Å². The van der Waals surface area contributed by atoms with Crippen molar-refractivity contribution in [2.75, 3.05) is 13.7 Å². The quantitative estimate of drug-likeness (QED) is 0.508. The maximum Gasteiger partial charge on any atom is 0.315 e. The van der Waals surface area contributed by atoms with Crippen LogP contribution in [-0.4, -0.2) is 31.7 Å². The maximum absolute atomic E-state index is 11.2. The topological polar surface area (TPSA) is 67.4 Å². The van der Waals surface area contributed by atoms with Gasteiger partial charge in [0.15, 0.2) is 0 Å². The van der Waals surface area contributed by atoms with Gasteiger partial charge in [0, 0.05) is 12.6 Å². The summed E-state index contributed by atoms with van der Waals surface area (Å²) in [5.74, 6) is -0.328. The Kier molecular flexibility index (Phi) is 7.05. The molecule has 0 aliphatic heterocycles. The summed E-state index contributed by atoms with van der Waals surface area (Å²) in [5.41, 5.74) is 0. The second-order valence-electron chi connectivity index (χ2n) is 3.03. The lowest BCUT2D eigenvalue weighted by Gasteiger charge is -2.15. The van der Waals surface area contributed by atoms with E-state index in [-0.39, 0.29) is 24.5 Å². The molecule has 15 heavy (non-hydrogen) atoms. The fourth-order valence-electron chi connectivity index (χ4n) is 0.983. The van der Waals surface area contributed by atoms with Crippen LogP contribution in [-0.2, 0) is 9.53 Å². The van der Waals surface area contributed by atoms with Crippen LogP contribution < -0.4 is 10.6 Å². The average Bonchev–Trinajstić information content (AvgIpc) is 2.25. The Morgan fingerprint density at radius 1 is 1.53 bits per heavy atom. The highest BCUT2D eigenvalue weighted by molar-refractivity contribution is 5.76. The third-order valence-electron chi connectivity index (χ3n) is 1.88. The van der Waals surface area contributed by atoms with E-state index in [0.29, 0.717) is 13.0 Å². The number of amides is 2. The van der Waals surface area contributed by atoms with Gasteiger partial charge in [0.25, 0.3) is 0 Å². The molecular formula is C10H18N2O3. The van der Waals surface area contributed by atoms with Crippen LogP contribution in [0, 0.1) is 0 Å². The van der Waals surface area contributed by atoms with Crippen molar-refractivity contribution in [3.63, 3.8) is 0 Å². The van der Waals surface area contributed by atoms with Crippen molar-refractivity contribution < 1.29 is 14.3 Å². The number of carbonyl (C=O) groups excluding carboxylic acids is 2. The molecule has 1 atom stereocenters. The first-order valence-electron chi connectivity index (χ1n) is 4.86. The normalized spacial score (nSPS) is 11.3. The first kappa shape index (κ1) is 13.5. The zero-order valence-electron chi connectivity index (χ0n) is 9.21. The van der Waals surface area contributed by atoms with Crippen LogP contribution in [0.3, 0.4) is 0 Å². The van der Waals surface area contributed by atoms with Crippen LogP contribution in [0.2, 0.25) is 0 Å². The van der Waals surface area contributed by atoms with Gasteiger partial charge in [0.2, 0.25) is 0 Å². The molecule has 0 aromatic rings. The molecule has 0 heterocycles. The van der Waals surface area contributed by atoms with Crippen LogP contribution in [0.25, 0.3) is 0 Å². The van der Waals surface area contributed by atoms with E-state index < -0.39 is 0 Å². The molecule has 0 radical (unpaired) electrons. The zero-order valence-corrected chi connectivity index (χ0v) is 9.21. The van der Waals surface area contributed by atoms with Gasteiger partial charge in [-0.1, -0.05) is 13.0 Å². The van der Waals surface area contributed by atoms with E-state index in [4.69, 9.17) is 0 Å². The Hall–Kier alpha value is -1.52. The smallest absolute Gasteiger partial charge is 0.315 e. The first-order valence-corrected chi connectivity index (χ1v) is 4.86. The molecule has 0 aromatic heterocycles. The number of urea groups is 1. The highest BCUT2D eigenvalue weighted by Crippen LogP contribution is 1.98. The minimum Gasteiger partial charge on any atom is -0.469 e. The number of ether oxygens (including phenoxy) is 1. The van der Waals surface area contributed by atoms with E-state index >= 15 is 0 Å². The Balaban J connectivity index is 3.92. The highest BCUT2D eigenvalue weighted by Gasteiger charge is 2.14. The van der Waals surface area contributed by atoms with Gasteiger partial charge in [-0.05, 0) is 6.42 Å². The number of hydrogen-bond acceptors (Lipinski definition) is 3. The molecule has 0 aliphatic carbocycles. The summed E-state index contributed by atoms with van der Waals surface area (Å²) in [6, 6.07) is -0.493. The molecule has 0 aliphatic rings. The van der Waals surface area contributed by atoms with Crippen LogP contribution >= 0.6 is 0 Å². The Morgan fingerprint density at radius 2 is 2.20 bits per heavy atom. The summed E-state index contributed by atoms with van der Waals surface area (Å²) in [5, 5.41) is 5.24. The third-order valence-corrected chi connectivity index (χ3v) is 1.88. The summed E-state index contributed by atoms with van der Waals surface area (Å²) in [4.78, 5) is 22.2. The zero-order chi connectivity index (χ0) is 11.7. The molecule has 2 N–H and O–H groups in total. The summed E-state index contributed by atoms with van der Waals surface area (Å²) < 4.78 is 4.52. The fraction of sp³-hybridized carbons (Fsp3) is 0.600. The van der Waals surface area contributed by atoms with Crippen molar-refractivity contribution in [2.24, 2.45) is 0 Å². The van der Waals surface area contributed by atoms with E-state index in [0.717, 1.165) is 0 Å². The predicted molar refractivity (Wildman–Crippen MR) is 57.4 cm³/mol. The highest BCUT2D eigenvalue weighted by atomic mass is 16.5. The van der Waals surface area contributed by atoms with Crippen LogP contribution in [0.1, 0.15) is 19.8 Å². The largest absolute Gasteiger partial charge is 0.469 e. The molecule has 5 nitrogen and oxygen atoms in total. The van der Waals surface area contributed by atoms with Gasteiger partial charge in [0.1, 0.15) is 0 Å². The monoisotopic (exact) mass is 214 g/mol. The van der Waals surface area contributed by atoms with Crippen molar-refractivity contribution >= 4 is 12.0 Å². The van der Waals surface area contributed by atoms with Crippen molar-refractivity contribution in [2.45, 2.75) is 25.8 Å². The lowest BCUT2D eigenvalue weighted by Crippen LogP contribution is -2.42. The van der Waals surface area contributed by atoms with Crippen molar-refractivity contribution in [1.82, 2.24) is 10.6 Å². The second-order valence-corrected chi connectivity index (χ2v) is 3.03. The van der Waals surface area contributed by atoms with Crippen molar-refractivity contribution in [1.29, 1.82) is 0 Å². The molecule has 0 rings (SSSR count). The van der Waals surface area contributed by atoms with Gasteiger partial charge < -0.3 is 15.4 Å². The van der Waals surface area contributed by atoms with Crippen molar-refractivity contribution in [3.05, 3.63) is 12.7 Å². The number of nitrogens with one attached hydrogen (secondary N) is 2. The molecule has 0 fully saturated rings. The van der Waals surface area contributed by atoms with Gasteiger partial charge in [-0.2, -0.15) is 0 Å². The number of esters is 1. The Morgan fingerprint density at radius 3 is 2.67 bits per heavy atom. The molecule has 0 bridgehead atoms. The van der Waals surface area contributed by atoms with Crippen molar-refractivity contribution in [3.8, 4) is 0 Å². The van der Waals surface area contributed by atoms with E-state index in [2.05, 4.69) is 21.9 Å². The number of methoxy groups -OCH3 is 1. The third kappa shape index (κ3) is 6.54. The van der Waals surface area contributed by atoms with Gasteiger partial charge >= 0.3 is 12.0 Å². The van der Waals surface area contributed by atoms with Crippen LogP contribution in [0.15, 0.2) is 12.7 Å². The minimum absolute atomic E-state index is 0.189. The minimum atomic E-state index is -0.328. The molecule has 5 heteroatoms. The molecule has 0 aromatic carbocycles. The summed E-state index contributed by atoms with van der Waals surface area (Å²) in [6.45, 7) is 5.77. The van der Waals surface area contributed by atoms with E-state index in [9.17, 15) is 9.59 Å². The average molecular weight is 214 g/mol. The van der Waals surface area contributed by atoms with Gasteiger partial charge in [-0.25, -0.2) is 4.79 Å². The molecule has 86 valence electrons. The van der Waals surface area contributed by atoms with Gasteiger partial charge in [0.05, 0.1) is 13.5 Å². The van der Waals surface area contributed by atoms with E-state index in [1.54, 1.807) is 6.08 Å². The molecule has 0 saturated heterocycles. The van der Waals surface area contributed by atoms with Crippen LogP contribution in [0.5, 0.6) is 0 Å². The van der Waals surface area contributed by atoms with E-state index in [1.165, 1.54) is 7.11 Å². The SMILES string of the molecule is C=CCNC(=O)NC(CC)CC(=O)OC. The second kappa shape index (κ2) is 7.84. The summed E-state index contributed by atoms with van der Waals surface area (Å²) in [6.07, 6.45) is 2.45. The Bertz CT molecular complexity index is 229. The lowest BCUT2D eigenvalue weighted by molar-refractivity contribution is -0.141. The van der Waals surface area contributed by atoms with Crippen LogP contribution in [0.4, 0.5) is 4.79 Å². The standard InChI is InChI=1S/C10H18N2O3/c1-4-6-11-10(14)12-8(5-2)7-9(13)15-3/h4,8H,1,5-7H2,2-3H3,(H2,11,12,14). The van der Waals surface area contributed by atoms with Gasteiger partial charge in [-0.15, -0.1) is 6.58 Å². The summed E-state index contributed by atoms with van der Waals surface area (Å²) >= 11 is 0. The lowest BCUT2D eigenvalue weighted by atomic mass is 10.1. The first-order chi connectivity index (χ1) is 7.13. The molecule has 2 amide bonds. The molecule has 0 spiro atoms. The molecule has 1 unspecified atom stereocenters. The fourth-order valence-corrected chi connectivity index (χ4v) is 0.983. The number of carbonyl (C=O) groups is 2. The Labute approximate surface area is 89.9 Å². The molecular weight excluding hydrogens is 196 g/mol. The maximum atomic E-state index is 11.2. The van der Waals surface area contributed by atoms with Gasteiger partial charge in [-0.3, -0.25) is 4.79 Å².